The third kappa shape index (κ3) is 4.18. The standard InChI is InChI=1S/C13H17BrClNO2/c1-3-9(6-7-15)16-13(17)11-8-10(18-2)4-5-12(11)14/h4-5,8-9H,3,6-7H2,1-2H3,(H,16,17). The van der Waals surface area contributed by atoms with Gasteiger partial charge in [-0.25, -0.2) is 0 Å². The molecule has 1 unspecified atom stereocenters. The van der Waals surface area contributed by atoms with Crippen molar-refractivity contribution in [1.29, 1.82) is 0 Å². The fraction of sp³-hybridized carbons (Fsp3) is 0.462. The zero-order valence-corrected chi connectivity index (χ0v) is 12.8. The number of carbonyl (C=O) groups excluding carboxylic acids is 1. The minimum absolute atomic E-state index is 0.105. The van der Waals surface area contributed by atoms with Crippen LogP contribution in [0.5, 0.6) is 5.75 Å². The molecule has 3 nitrogen and oxygen atoms in total. The number of amides is 1. The van der Waals surface area contributed by atoms with Crippen LogP contribution in [0.1, 0.15) is 30.1 Å². The van der Waals surface area contributed by atoms with Crippen molar-refractivity contribution in [3.63, 3.8) is 0 Å². The quantitative estimate of drug-likeness (QED) is 0.807. The van der Waals surface area contributed by atoms with Crippen LogP contribution in [0, 0.1) is 0 Å². The summed E-state index contributed by atoms with van der Waals surface area (Å²) in [6, 6.07) is 5.42. The maximum Gasteiger partial charge on any atom is 0.252 e. The molecule has 1 amide bonds. The van der Waals surface area contributed by atoms with E-state index in [0.29, 0.717) is 17.2 Å². The second-order valence-electron chi connectivity index (χ2n) is 3.90. The number of carbonyl (C=O) groups is 1. The van der Waals surface area contributed by atoms with E-state index in [1.807, 2.05) is 6.92 Å². The first-order valence-corrected chi connectivity index (χ1v) is 7.15. The van der Waals surface area contributed by atoms with E-state index < -0.39 is 0 Å². The Hall–Kier alpha value is -0.740. The summed E-state index contributed by atoms with van der Waals surface area (Å²) in [6.07, 6.45) is 1.63. The molecule has 1 aromatic rings. The first-order valence-electron chi connectivity index (χ1n) is 5.82. The van der Waals surface area contributed by atoms with E-state index in [4.69, 9.17) is 16.3 Å². The van der Waals surface area contributed by atoms with E-state index >= 15 is 0 Å². The molecule has 0 aliphatic carbocycles. The van der Waals surface area contributed by atoms with Gasteiger partial charge in [0.25, 0.3) is 5.91 Å². The summed E-state index contributed by atoms with van der Waals surface area (Å²) in [5.41, 5.74) is 0.572. The van der Waals surface area contributed by atoms with Crippen LogP contribution < -0.4 is 10.1 Å². The summed E-state index contributed by atoms with van der Waals surface area (Å²) >= 11 is 9.07. The van der Waals surface area contributed by atoms with Crippen LogP contribution in [0.15, 0.2) is 22.7 Å². The highest BCUT2D eigenvalue weighted by molar-refractivity contribution is 9.10. The Morgan fingerprint density at radius 1 is 1.56 bits per heavy atom. The Kier molecular flexibility index (Phi) is 6.50. The van der Waals surface area contributed by atoms with Crippen LogP contribution in [0.4, 0.5) is 0 Å². The van der Waals surface area contributed by atoms with Crippen LogP contribution in [-0.4, -0.2) is 24.9 Å². The molecule has 1 aromatic carbocycles. The summed E-state index contributed by atoms with van der Waals surface area (Å²) in [5, 5.41) is 2.97. The van der Waals surface area contributed by atoms with Crippen molar-refractivity contribution in [2.75, 3.05) is 13.0 Å². The lowest BCUT2D eigenvalue weighted by Gasteiger charge is -2.16. The second kappa shape index (κ2) is 7.64. The molecule has 0 spiro atoms. The second-order valence-corrected chi connectivity index (χ2v) is 5.13. The Morgan fingerprint density at radius 3 is 2.83 bits per heavy atom. The third-order valence-electron chi connectivity index (χ3n) is 2.70. The monoisotopic (exact) mass is 333 g/mol. The highest BCUT2D eigenvalue weighted by Crippen LogP contribution is 2.22. The average molecular weight is 335 g/mol. The number of rotatable bonds is 6. The summed E-state index contributed by atoms with van der Waals surface area (Å²) in [6.45, 7) is 2.03. The average Bonchev–Trinajstić information content (AvgIpc) is 2.38. The van der Waals surface area contributed by atoms with Gasteiger partial charge in [-0.15, -0.1) is 11.6 Å². The number of hydrogen-bond acceptors (Lipinski definition) is 2. The zero-order valence-electron chi connectivity index (χ0n) is 10.5. The molecule has 1 atom stereocenters. The van der Waals surface area contributed by atoms with E-state index in [2.05, 4.69) is 21.2 Å². The minimum Gasteiger partial charge on any atom is -0.497 e. The van der Waals surface area contributed by atoms with Crippen molar-refractivity contribution in [2.24, 2.45) is 0 Å². The number of ether oxygens (including phenoxy) is 1. The van der Waals surface area contributed by atoms with Crippen LogP contribution in [-0.2, 0) is 0 Å². The van der Waals surface area contributed by atoms with Gasteiger partial charge in [0.2, 0.25) is 0 Å². The third-order valence-corrected chi connectivity index (χ3v) is 3.61. The molecule has 0 saturated heterocycles. The predicted octanol–water partition coefficient (Wildman–Crippen LogP) is 3.60. The smallest absolute Gasteiger partial charge is 0.252 e. The molecule has 18 heavy (non-hydrogen) atoms. The Bertz CT molecular complexity index is 412. The molecule has 0 aromatic heterocycles. The van der Waals surface area contributed by atoms with Crippen LogP contribution in [0.2, 0.25) is 0 Å². The van der Waals surface area contributed by atoms with Gasteiger partial charge in [0, 0.05) is 16.4 Å². The molecule has 0 saturated carbocycles. The van der Waals surface area contributed by atoms with Crippen molar-refractivity contribution in [3.05, 3.63) is 28.2 Å². The summed E-state index contributed by atoms with van der Waals surface area (Å²) < 4.78 is 5.87. The van der Waals surface area contributed by atoms with E-state index in [-0.39, 0.29) is 11.9 Å². The van der Waals surface area contributed by atoms with Gasteiger partial charge in [-0.2, -0.15) is 0 Å². The molecule has 0 fully saturated rings. The molecule has 0 heterocycles. The van der Waals surface area contributed by atoms with Crippen molar-refractivity contribution in [1.82, 2.24) is 5.32 Å². The van der Waals surface area contributed by atoms with Crippen molar-refractivity contribution in [3.8, 4) is 5.75 Å². The number of halogens is 2. The molecular formula is C13H17BrClNO2. The molecular weight excluding hydrogens is 318 g/mol. The van der Waals surface area contributed by atoms with E-state index in [0.717, 1.165) is 17.3 Å². The SMILES string of the molecule is CCC(CCCl)NC(=O)c1cc(OC)ccc1Br. The summed E-state index contributed by atoms with van der Waals surface area (Å²) in [4.78, 5) is 12.1. The summed E-state index contributed by atoms with van der Waals surface area (Å²) in [7, 11) is 1.58. The fourth-order valence-electron chi connectivity index (χ4n) is 1.58. The lowest BCUT2D eigenvalue weighted by molar-refractivity contribution is 0.0934. The van der Waals surface area contributed by atoms with Gasteiger partial charge in [-0.05, 0) is 47.0 Å². The van der Waals surface area contributed by atoms with Crippen molar-refractivity contribution >= 4 is 33.4 Å². The van der Waals surface area contributed by atoms with Gasteiger partial charge in [-0.3, -0.25) is 4.79 Å². The largest absolute Gasteiger partial charge is 0.497 e. The number of nitrogens with one attached hydrogen (secondary N) is 1. The minimum atomic E-state index is -0.113. The van der Waals surface area contributed by atoms with Gasteiger partial charge in [0.1, 0.15) is 5.75 Å². The highest BCUT2D eigenvalue weighted by atomic mass is 79.9. The fourth-order valence-corrected chi connectivity index (χ4v) is 2.27. The molecule has 0 radical (unpaired) electrons. The molecule has 100 valence electrons. The Morgan fingerprint density at radius 2 is 2.28 bits per heavy atom. The van der Waals surface area contributed by atoms with Gasteiger partial charge < -0.3 is 10.1 Å². The van der Waals surface area contributed by atoms with E-state index in [9.17, 15) is 4.79 Å². The molecule has 0 bridgehead atoms. The van der Waals surface area contributed by atoms with Gasteiger partial charge in [0.15, 0.2) is 0 Å². The van der Waals surface area contributed by atoms with Crippen molar-refractivity contribution < 1.29 is 9.53 Å². The normalized spacial score (nSPS) is 12.0. The van der Waals surface area contributed by atoms with E-state index in [1.165, 1.54) is 0 Å². The lowest BCUT2D eigenvalue weighted by Crippen LogP contribution is -2.34. The Balaban J connectivity index is 2.82. The van der Waals surface area contributed by atoms with Crippen LogP contribution >= 0.6 is 27.5 Å². The van der Waals surface area contributed by atoms with Gasteiger partial charge >= 0.3 is 0 Å². The molecule has 1 rings (SSSR count). The first-order chi connectivity index (χ1) is 8.62. The number of benzene rings is 1. The Labute approximate surface area is 121 Å². The zero-order chi connectivity index (χ0) is 13.5. The first kappa shape index (κ1) is 15.3. The number of alkyl halides is 1. The van der Waals surface area contributed by atoms with Crippen LogP contribution in [0.25, 0.3) is 0 Å². The molecule has 5 heteroatoms. The van der Waals surface area contributed by atoms with Gasteiger partial charge in [-0.1, -0.05) is 6.92 Å². The maximum absolute atomic E-state index is 12.1. The molecule has 1 N–H and O–H groups in total. The summed E-state index contributed by atoms with van der Waals surface area (Å²) in [5.74, 6) is 1.09. The van der Waals surface area contributed by atoms with Gasteiger partial charge in [0.05, 0.1) is 12.7 Å². The maximum atomic E-state index is 12.1. The predicted molar refractivity (Wildman–Crippen MR) is 77.6 cm³/mol. The number of hydrogen-bond donors (Lipinski definition) is 1. The lowest BCUT2D eigenvalue weighted by atomic mass is 10.1. The highest BCUT2D eigenvalue weighted by Gasteiger charge is 2.15. The molecule has 0 aliphatic heterocycles. The van der Waals surface area contributed by atoms with Crippen LogP contribution in [0.3, 0.4) is 0 Å². The van der Waals surface area contributed by atoms with Crippen molar-refractivity contribution in [2.45, 2.75) is 25.8 Å². The molecule has 0 aliphatic rings. The van der Waals surface area contributed by atoms with E-state index in [1.54, 1.807) is 25.3 Å². The topological polar surface area (TPSA) is 38.3 Å². The number of methoxy groups -OCH3 is 1.